The quantitative estimate of drug-likeness (QED) is 0.299. The van der Waals surface area contributed by atoms with Crippen molar-refractivity contribution in [2.75, 3.05) is 18.2 Å². The zero-order valence-electron chi connectivity index (χ0n) is 23.0. The van der Waals surface area contributed by atoms with Gasteiger partial charge in [0.1, 0.15) is 28.1 Å². The molecule has 210 valence electrons. The molecule has 0 saturated heterocycles. The second-order valence-corrected chi connectivity index (χ2v) is 12.0. The fraction of sp³-hybridized carbons (Fsp3) is 0.462. The number of sulfone groups is 1. The van der Waals surface area contributed by atoms with Crippen LogP contribution in [0.2, 0.25) is 0 Å². The summed E-state index contributed by atoms with van der Waals surface area (Å²) in [6.07, 6.45) is 6.75. The minimum Gasteiger partial charge on any atom is -0.480 e. The number of nitrogens with zero attached hydrogens (tertiary/aromatic N) is 8. The number of anilines is 1. The van der Waals surface area contributed by atoms with Crippen LogP contribution in [0.4, 0.5) is 5.82 Å². The van der Waals surface area contributed by atoms with Crippen molar-refractivity contribution in [3.05, 3.63) is 46.3 Å². The average molecular weight is 566 g/mol. The Morgan fingerprint density at radius 2 is 1.82 bits per heavy atom. The van der Waals surface area contributed by atoms with Gasteiger partial charge in [0.25, 0.3) is 5.56 Å². The Labute approximate surface area is 231 Å². The summed E-state index contributed by atoms with van der Waals surface area (Å²) >= 11 is 0. The molecule has 1 saturated carbocycles. The van der Waals surface area contributed by atoms with Crippen molar-refractivity contribution in [3.8, 4) is 17.3 Å². The minimum absolute atomic E-state index is 0.0424. The van der Waals surface area contributed by atoms with Crippen LogP contribution >= 0.6 is 0 Å². The number of aromatic nitrogens is 8. The van der Waals surface area contributed by atoms with Crippen molar-refractivity contribution in [2.45, 2.75) is 70.4 Å². The van der Waals surface area contributed by atoms with Gasteiger partial charge in [0.2, 0.25) is 5.88 Å². The third-order valence-corrected chi connectivity index (χ3v) is 8.69. The molecule has 1 aliphatic carbocycles. The molecule has 0 aromatic carbocycles. The van der Waals surface area contributed by atoms with Crippen molar-refractivity contribution in [3.63, 3.8) is 0 Å². The summed E-state index contributed by atoms with van der Waals surface area (Å²) in [5, 5.41) is 3.02. The number of ether oxygens (including phenoxy) is 1. The van der Waals surface area contributed by atoms with Gasteiger partial charge in [-0.15, -0.1) is 0 Å². The lowest BCUT2D eigenvalue weighted by molar-refractivity contribution is 0.397. The predicted octanol–water partition coefficient (Wildman–Crippen LogP) is 3.00. The van der Waals surface area contributed by atoms with Gasteiger partial charge in [-0.05, 0) is 33.1 Å². The zero-order valence-corrected chi connectivity index (χ0v) is 23.9. The summed E-state index contributed by atoms with van der Waals surface area (Å²) < 4.78 is 31.3. The number of aryl methyl sites for hydroxylation is 1. The first-order chi connectivity index (χ1) is 19.2. The molecule has 1 unspecified atom stereocenters. The van der Waals surface area contributed by atoms with Crippen LogP contribution in [0.15, 0.2) is 28.4 Å². The summed E-state index contributed by atoms with van der Waals surface area (Å²) in [6.45, 7) is 7.38. The lowest BCUT2D eigenvalue weighted by atomic mass is 10.1. The van der Waals surface area contributed by atoms with Crippen molar-refractivity contribution >= 4 is 26.8 Å². The van der Waals surface area contributed by atoms with Gasteiger partial charge in [-0.3, -0.25) is 9.36 Å². The van der Waals surface area contributed by atoms with Gasteiger partial charge in [0, 0.05) is 24.4 Å². The molecule has 0 spiro atoms. The highest BCUT2D eigenvalue weighted by Gasteiger charge is 2.32. The molecule has 1 N–H and O–H groups in total. The van der Waals surface area contributed by atoms with Gasteiger partial charge in [0.05, 0.1) is 30.8 Å². The molecule has 14 heteroatoms. The molecule has 5 rings (SSSR count). The molecular formula is C26H31N9O4S. The van der Waals surface area contributed by atoms with Crippen LogP contribution in [-0.4, -0.2) is 60.7 Å². The summed E-state index contributed by atoms with van der Waals surface area (Å²) in [6, 6.07) is -0.188. The lowest BCUT2D eigenvalue weighted by Crippen LogP contribution is -2.29. The maximum Gasteiger partial charge on any atom is 0.295 e. The maximum atomic E-state index is 13.7. The van der Waals surface area contributed by atoms with E-state index in [4.69, 9.17) is 14.7 Å². The fourth-order valence-corrected chi connectivity index (χ4v) is 5.14. The highest BCUT2D eigenvalue weighted by molar-refractivity contribution is 7.91. The van der Waals surface area contributed by atoms with E-state index in [1.54, 1.807) is 18.6 Å². The Bertz CT molecular complexity index is 1740. The van der Waals surface area contributed by atoms with Crippen LogP contribution < -0.4 is 15.6 Å². The van der Waals surface area contributed by atoms with Crippen molar-refractivity contribution in [1.82, 2.24) is 39.5 Å². The van der Waals surface area contributed by atoms with E-state index >= 15 is 0 Å². The Balaban J connectivity index is 1.58. The van der Waals surface area contributed by atoms with E-state index in [2.05, 4.69) is 30.2 Å². The van der Waals surface area contributed by atoms with Gasteiger partial charge in [-0.25, -0.2) is 43.3 Å². The van der Waals surface area contributed by atoms with E-state index in [0.717, 1.165) is 18.5 Å². The largest absolute Gasteiger partial charge is 0.480 e. The number of fused-ring (bicyclic) bond motifs is 1. The Hall–Kier alpha value is -4.07. The number of methoxy groups -OCH3 is 1. The Morgan fingerprint density at radius 1 is 1.10 bits per heavy atom. The fourth-order valence-electron chi connectivity index (χ4n) is 4.38. The molecule has 1 fully saturated rings. The predicted molar refractivity (Wildman–Crippen MR) is 148 cm³/mol. The Morgan fingerprint density at radius 3 is 2.45 bits per heavy atom. The van der Waals surface area contributed by atoms with Gasteiger partial charge in [-0.2, -0.15) is 0 Å². The van der Waals surface area contributed by atoms with E-state index in [1.807, 2.05) is 20.8 Å². The third-order valence-electron chi connectivity index (χ3n) is 7.00. The minimum atomic E-state index is -3.41. The maximum absolute atomic E-state index is 13.7. The molecule has 0 bridgehead atoms. The van der Waals surface area contributed by atoms with Crippen LogP contribution in [0.3, 0.4) is 0 Å². The van der Waals surface area contributed by atoms with Gasteiger partial charge in [-0.1, -0.05) is 13.8 Å². The molecule has 4 aromatic rings. The lowest BCUT2D eigenvalue weighted by Gasteiger charge is -2.19. The summed E-state index contributed by atoms with van der Waals surface area (Å²) in [4.78, 5) is 45.0. The molecule has 0 amide bonds. The van der Waals surface area contributed by atoms with E-state index in [9.17, 15) is 13.2 Å². The second kappa shape index (κ2) is 10.8. The number of rotatable bonds is 10. The van der Waals surface area contributed by atoms with E-state index in [-0.39, 0.29) is 34.6 Å². The van der Waals surface area contributed by atoms with E-state index in [0.29, 0.717) is 52.3 Å². The SMILES string of the molecule is CCC(C)n1c(=O)c(NCc2ncc(S(=O)(=O)CC)cn2)nc2c(C)nc(-c3c(OC)ncnc3C3CC3)nc21. The summed E-state index contributed by atoms with van der Waals surface area (Å²) in [5.74, 6) is 1.44. The topological polar surface area (TPSA) is 168 Å². The molecule has 1 atom stereocenters. The standard InChI is InChI=1S/C26H31N9O4S/c1-6-14(3)35-24-20(15(4)32-22(34-24)19-21(16-8-9-16)30-13-31-25(19)39-5)33-23(26(35)36)29-12-18-27-10-17(11-28-18)40(37,38)7-2/h10-11,13-14,16H,6-9,12H2,1-5H3,(H,29,33). The van der Waals surface area contributed by atoms with Crippen LogP contribution in [0.1, 0.15) is 69.2 Å². The summed E-state index contributed by atoms with van der Waals surface area (Å²) in [5.41, 5.74) is 2.58. The number of hydrogen-bond donors (Lipinski definition) is 1. The van der Waals surface area contributed by atoms with Crippen LogP contribution in [0, 0.1) is 6.92 Å². The van der Waals surface area contributed by atoms with E-state index in [1.165, 1.54) is 18.7 Å². The molecule has 13 nitrogen and oxygen atoms in total. The van der Waals surface area contributed by atoms with Crippen LogP contribution in [0.5, 0.6) is 5.88 Å². The molecular weight excluding hydrogens is 534 g/mol. The normalized spacial score (nSPS) is 14.3. The van der Waals surface area contributed by atoms with Crippen molar-refractivity contribution in [1.29, 1.82) is 0 Å². The monoisotopic (exact) mass is 565 g/mol. The zero-order chi connectivity index (χ0) is 28.6. The highest BCUT2D eigenvalue weighted by Crippen LogP contribution is 2.45. The Kier molecular flexibility index (Phi) is 7.45. The first kappa shape index (κ1) is 27.5. The molecule has 4 heterocycles. The average Bonchev–Trinajstić information content (AvgIpc) is 3.81. The molecule has 1 aliphatic rings. The number of hydrogen-bond acceptors (Lipinski definition) is 12. The highest BCUT2D eigenvalue weighted by atomic mass is 32.2. The number of nitrogens with one attached hydrogen (secondary N) is 1. The second-order valence-electron chi connectivity index (χ2n) is 9.71. The third kappa shape index (κ3) is 5.10. The molecule has 4 aromatic heterocycles. The van der Waals surface area contributed by atoms with Gasteiger partial charge >= 0.3 is 0 Å². The van der Waals surface area contributed by atoms with E-state index < -0.39 is 9.84 Å². The van der Waals surface area contributed by atoms with Gasteiger partial charge < -0.3 is 10.1 Å². The molecule has 0 radical (unpaired) electrons. The molecule has 0 aliphatic heterocycles. The molecule has 40 heavy (non-hydrogen) atoms. The van der Waals surface area contributed by atoms with Crippen molar-refractivity contribution in [2.24, 2.45) is 0 Å². The van der Waals surface area contributed by atoms with Crippen LogP contribution in [-0.2, 0) is 16.4 Å². The first-order valence-corrected chi connectivity index (χ1v) is 14.8. The van der Waals surface area contributed by atoms with Gasteiger partial charge in [0.15, 0.2) is 27.1 Å². The summed E-state index contributed by atoms with van der Waals surface area (Å²) in [7, 11) is -1.86. The van der Waals surface area contributed by atoms with Crippen molar-refractivity contribution < 1.29 is 13.2 Å². The smallest absolute Gasteiger partial charge is 0.295 e. The first-order valence-electron chi connectivity index (χ1n) is 13.2. The van der Waals surface area contributed by atoms with Crippen LogP contribution in [0.25, 0.3) is 22.6 Å².